The highest BCUT2D eigenvalue weighted by molar-refractivity contribution is 5.35. The van der Waals surface area contributed by atoms with Gasteiger partial charge in [0.15, 0.2) is 11.6 Å². The molecule has 1 nitrogen and oxygen atoms in total. The molecule has 0 fully saturated rings. The Bertz CT molecular complexity index is 380. The predicted octanol–water partition coefficient (Wildman–Crippen LogP) is 3.41. The van der Waals surface area contributed by atoms with Crippen molar-refractivity contribution >= 4 is 0 Å². The van der Waals surface area contributed by atoms with Crippen LogP contribution >= 0.6 is 0 Å². The first kappa shape index (κ1) is 11.9. The zero-order valence-corrected chi connectivity index (χ0v) is 9.12. The molecule has 0 unspecified atom stereocenters. The Morgan fingerprint density at radius 2 is 1.60 bits per heavy atom. The van der Waals surface area contributed by atoms with Crippen LogP contribution in [0.1, 0.15) is 26.3 Å². The van der Waals surface area contributed by atoms with Crippen molar-refractivity contribution in [3.8, 4) is 5.75 Å². The minimum Gasteiger partial charge on any atom is -0.493 e. The predicted molar refractivity (Wildman–Crippen MR) is 51.6 cm³/mol. The van der Waals surface area contributed by atoms with E-state index in [-0.39, 0.29) is 5.56 Å². The van der Waals surface area contributed by atoms with Gasteiger partial charge in [0, 0.05) is 11.6 Å². The SMILES string of the molecule is COc1cc(F)c(C(C)(C)C)c(F)c1F. The second-order valence-corrected chi connectivity index (χ2v) is 4.31. The third kappa shape index (κ3) is 2.08. The molecule has 0 heterocycles. The van der Waals surface area contributed by atoms with Gasteiger partial charge in [0.05, 0.1) is 7.11 Å². The van der Waals surface area contributed by atoms with Gasteiger partial charge in [-0.05, 0) is 5.41 Å². The molecule has 0 radical (unpaired) electrons. The molecule has 0 spiro atoms. The Balaban J connectivity index is 3.50. The van der Waals surface area contributed by atoms with Crippen molar-refractivity contribution in [1.29, 1.82) is 0 Å². The van der Waals surface area contributed by atoms with Crippen LogP contribution in [0.15, 0.2) is 6.07 Å². The lowest BCUT2D eigenvalue weighted by molar-refractivity contribution is 0.356. The highest BCUT2D eigenvalue weighted by Gasteiger charge is 2.27. The van der Waals surface area contributed by atoms with Crippen LogP contribution in [0.3, 0.4) is 0 Å². The van der Waals surface area contributed by atoms with Crippen LogP contribution in [-0.4, -0.2) is 7.11 Å². The summed E-state index contributed by atoms with van der Waals surface area (Å²) in [6.45, 7) is 4.83. The van der Waals surface area contributed by atoms with Gasteiger partial charge in [0.1, 0.15) is 5.82 Å². The van der Waals surface area contributed by atoms with Gasteiger partial charge in [-0.2, -0.15) is 4.39 Å². The van der Waals surface area contributed by atoms with E-state index in [1.54, 1.807) is 20.8 Å². The lowest BCUT2D eigenvalue weighted by Gasteiger charge is -2.21. The van der Waals surface area contributed by atoms with Crippen molar-refractivity contribution in [1.82, 2.24) is 0 Å². The fourth-order valence-corrected chi connectivity index (χ4v) is 1.41. The first-order valence-electron chi connectivity index (χ1n) is 4.51. The molecule has 0 aliphatic rings. The van der Waals surface area contributed by atoms with E-state index in [9.17, 15) is 13.2 Å². The molecule has 84 valence electrons. The summed E-state index contributed by atoms with van der Waals surface area (Å²) in [5, 5.41) is 0. The zero-order chi connectivity index (χ0) is 11.8. The minimum atomic E-state index is -1.18. The maximum absolute atomic E-state index is 13.5. The Kier molecular flexibility index (Phi) is 2.98. The number of halogens is 3. The average Bonchev–Trinajstić information content (AvgIpc) is 2.09. The van der Waals surface area contributed by atoms with Crippen LogP contribution in [0, 0.1) is 17.5 Å². The number of methoxy groups -OCH3 is 1. The molecule has 0 aromatic heterocycles. The van der Waals surface area contributed by atoms with Crippen molar-refractivity contribution in [2.24, 2.45) is 0 Å². The first-order valence-corrected chi connectivity index (χ1v) is 4.51. The molecular weight excluding hydrogens is 205 g/mol. The quantitative estimate of drug-likeness (QED) is 0.656. The van der Waals surface area contributed by atoms with E-state index in [4.69, 9.17) is 0 Å². The topological polar surface area (TPSA) is 9.23 Å². The van der Waals surface area contributed by atoms with Gasteiger partial charge in [0.25, 0.3) is 0 Å². The molecule has 0 aliphatic carbocycles. The molecule has 0 saturated carbocycles. The number of benzene rings is 1. The van der Waals surface area contributed by atoms with Gasteiger partial charge in [-0.1, -0.05) is 20.8 Å². The zero-order valence-electron chi connectivity index (χ0n) is 9.12. The fourth-order valence-electron chi connectivity index (χ4n) is 1.41. The standard InChI is InChI=1S/C11H13F3O/c1-11(2,3)8-6(12)5-7(15-4)9(13)10(8)14/h5H,1-4H3. The molecule has 0 N–H and O–H groups in total. The van der Waals surface area contributed by atoms with Crippen molar-refractivity contribution < 1.29 is 17.9 Å². The van der Waals surface area contributed by atoms with E-state index in [1.165, 1.54) is 0 Å². The van der Waals surface area contributed by atoms with Crippen molar-refractivity contribution in [2.75, 3.05) is 7.11 Å². The van der Waals surface area contributed by atoms with Crippen LogP contribution in [0.5, 0.6) is 5.75 Å². The summed E-state index contributed by atoms with van der Waals surface area (Å²) < 4.78 is 44.8. The highest BCUT2D eigenvalue weighted by Crippen LogP contribution is 2.33. The number of rotatable bonds is 1. The van der Waals surface area contributed by atoms with Crippen LogP contribution in [0.2, 0.25) is 0 Å². The van der Waals surface area contributed by atoms with Crippen molar-refractivity contribution in [3.05, 3.63) is 29.1 Å². The van der Waals surface area contributed by atoms with Crippen molar-refractivity contribution in [3.63, 3.8) is 0 Å². The Hall–Kier alpha value is -1.19. The van der Waals surface area contributed by atoms with Gasteiger partial charge in [0.2, 0.25) is 5.82 Å². The van der Waals surface area contributed by atoms with Gasteiger partial charge in [-0.25, -0.2) is 8.78 Å². The molecule has 1 rings (SSSR count). The number of hydrogen-bond donors (Lipinski definition) is 0. The molecule has 0 amide bonds. The van der Waals surface area contributed by atoms with Crippen molar-refractivity contribution in [2.45, 2.75) is 26.2 Å². The van der Waals surface area contributed by atoms with E-state index in [0.29, 0.717) is 0 Å². The summed E-state index contributed by atoms with van der Waals surface area (Å²) in [6, 6.07) is 0.860. The normalized spacial score (nSPS) is 11.7. The van der Waals surface area contributed by atoms with E-state index in [0.717, 1.165) is 13.2 Å². The van der Waals surface area contributed by atoms with E-state index >= 15 is 0 Å². The fraction of sp³-hybridized carbons (Fsp3) is 0.455. The van der Waals surface area contributed by atoms with Gasteiger partial charge in [-0.3, -0.25) is 0 Å². The minimum absolute atomic E-state index is 0.263. The van der Waals surface area contributed by atoms with E-state index < -0.39 is 28.6 Å². The molecule has 15 heavy (non-hydrogen) atoms. The molecule has 0 atom stereocenters. The average molecular weight is 218 g/mol. The Morgan fingerprint density at radius 3 is 2.00 bits per heavy atom. The van der Waals surface area contributed by atoms with E-state index in [2.05, 4.69) is 4.74 Å². The van der Waals surface area contributed by atoms with Crippen LogP contribution < -0.4 is 4.74 Å². The molecular formula is C11H13F3O. The van der Waals surface area contributed by atoms with Crippen LogP contribution in [0.4, 0.5) is 13.2 Å². The van der Waals surface area contributed by atoms with Crippen LogP contribution in [-0.2, 0) is 5.41 Å². The molecule has 4 heteroatoms. The first-order chi connectivity index (χ1) is 6.79. The smallest absolute Gasteiger partial charge is 0.201 e. The Labute approximate surface area is 86.9 Å². The maximum Gasteiger partial charge on any atom is 0.201 e. The van der Waals surface area contributed by atoms with E-state index in [1.807, 2.05) is 0 Å². The molecule has 1 aromatic rings. The maximum atomic E-state index is 13.5. The summed E-state index contributed by atoms with van der Waals surface area (Å²) in [5.74, 6) is -3.54. The second-order valence-electron chi connectivity index (χ2n) is 4.31. The second kappa shape index (κ2) is 3.76. The molecule has 0 aliphatic heterocycles. The molecule has 1 aromatic carbocycles. The number of ether oxygens (including phenoxy) is 1. The van der Waals surface area contributed by atoms with Gasteiger partial charge >= 0.3 is 0 Å². The van der Waals surface area contributed by atoms with Crippen LogP contribution in [0.25, 0.3) is 0 Å². The largest absolute Gasteiger partial charge is 0.493 e. The lowest BCUT2D eigenvalue weighted by Crippen LogP contribution is -2.17. The monoisotopic (exact) mass is 218 g/mol. The number of hydrogen-bond acceptors (Lipinski definition) is 1. The summed E-state index contributed by atoms with van der Waals surface area (Å²) in [7, 11) is 1.16. The van der Waals surface area contributed by atoms with Gasteiger partial charge < -0.3 is 4.74 Å². The highest BCUT2D eigenvalue weighted by atomic mass is 19.2. The van der Waals surface area contributed by atoms with Gasteiger partial charge in [-0.15, -0.1) is 0 Å². The molecule has 0 bridgehead atoms. The summed E-state index contributed by atoms with van der Waals surface area (Å²) >= 11 is 0. The summed E-state index contributed by atoms with van der Waals surface area (Å²) in [4.78, 5) is 0. The Morgan fingerprint density at radius 1 is 1.07 bits per heavy atom. The third-order valence-corrected chi connectivity index (χ3v) is 2.10. The summed E-state index contributed by atoms with van der Waals surface area (Å²) in [6.07, 6.45) is 0. The summed E-state index contributed by atoms with van der Waals surface area (Å²) in [5.41, 5.74) is -1.05. The third-order valence-electron chi connectivity index (χ3n) is 2.10. The lowest BCUT2D eigenvalue weighted by atomic mass is 9.86. The molecule has 0 saturated heterocycles.